The zero-order valence-corrected chi connectivity index (χ0v) is 23.8. The molecule has 216 valence electrons. The van der Waals surface area contributed by atoms with Gasteiger partial charge in [-0.1, -0.05) is 18.2 Å². The number of alkyl halides is 3. The number of piperidine rings is 1. The second-order valence-corrected chi connectivity index (χ2v) is 12.0. The van der Waals surface area contributed by atoms with Crippen molar-refractivity contribution >= 4 is 56.4 Å². The molecule has 0 saturated carbocycles. The third-order valence-corrected chi connectivity index (χ3v) is 8.96. The van der Waals surface area contributed by atoms with Crippen molar-refractivity contribution in [3.05, 3.63) is 75.9 Å². The molecule has 3 aromatic heterocycles. The minimum Gasteiger partial charge on any atom is -0.341 e. The van der Waals surface area contributed by atoms with Crippen molar-refractivity contribution in [3.63, 3.8) is 0 Å². The molecule has 2 aliphatic heterocycles. The molecule has 2 amide bonds. The molecule has 0 aliphatic carbocycles. The van der Waals surface area contributed by atoms with E-state index in [-0.39, 0.29) is 6.54 Å². The molecular formula is C29H25F3N6O2S2. The third-order valence-electron chi connectivity index (χ3n) is 7.18. The van der Waals surface area contributed by atoms with Crippen molar-refractivity contribution in [1.29, 1.82) is 0 Å². The number of nitrogens with one attached hydrogen (secondary N) is 2. The lowest BCUT2D eigenvalue weighted by molar-refractivity contribution is -0.137. The molecule has 2 saturated heterocycles. The van der Waals surface area contributed by atoms with Gasteiger partial charge in [-0.05, 0) is 67.4 Å². The number of anilines is 1. The largest absolute Gasteiger partial charge is 0.416 e. The fourth-order valence-corrected chi connectivity index (χ4v) is 6.67. The van der Waals surface area contributed by atoms with Crippen LogP contribution in [-0.2, 0) is 17.5 Å². The Morgan fingerprint density at radius 2 is 1.90 bits per heavy atom. The minimum absolute atomic E-state index is 0.229. The average molecular weight is 611 g/mol. The Balaban J connectivity index is 1.07. The zero-order valence-electron chi connectivity index (χ0n) is 22.1. The van der Waals surface area contributed by atoms with Gasteiger partial charge in [-0.2, -0.15) is 13.2 Å². The van der Waals surface area contributed by atoms with Crippen LogP contribution in [0.15, 0.2) is 58.9 Å². The highest BCUT2D eigenvalue weighted by molar-refractivity contribution is 8.18. The van der Waals surface area contributed by atoms with Crippen LogP contribution in [0.4, 0.5) is 23.9 Å². The van der Waals surface area contributed by atoms with Crippen molar-refractivity contribution in [2.24, 2.45) is 5.92 Å². The van der Waals surface area contributed by atoms with Crippen LogP contribution in [0.2, 0.25) is 0 Å². The standard InChI is InChI=1S/C29H25F3N6O2S2/c30-29(31,32)18-11-20(35-23(12-18)22-16-41-24-4-2-1-3-21(22)24)15-33-14-17-6-9-38(10-7-17)27-34-8-5-19(36-27)13-25-26(39)37-28(40)42-25/h1-5,8,11-13,16-17,33H,6-7,9-10,14-15H2,(H,37,39,40)/b25-13-. The molecule has 0 atom stereocenters. The second kappa shape index (κ2) is 11.8. The van der Waals surface area contributed by atoms with Gasteiger partial charge < -0.3 is 10.2 Å². The van der Waals surface area contributed by atoms with Crippen LogP contribution in [0.1, 0.15) is 29.8 Å². The summed E-state index contributed by atoms with van der Waals surface area (Å²) in [6, 6.07) is 11.6. The van der Waals surface area contributed by atoms with Crippen molar-refractivity contribution in [2.45, 2.75) is 25.6 Å². The number of thiophene rings is 1. The Morgan fingerprint density at radius 3 is 2.67 bits per heavy atom. The zero-order chi connectivity index (χ0) is 29.3. The fraction of sp³-hybridized carbons (Fsp3) is 0.276. The number of halogens is 3. The van der Waals surface area contributed by atoms with Crippen LogP contribution in [0.5, 0.6) is 0 Å². The van der Waals surface area contributed by atoms with E-state index in [9.17, 15) is 22.8 Å². The van der Waals surface area contributed by atoms with E-state index in [4.69, 9.17) is 0 Å². The van der Waals surface area contributed by atoms with Gasteiger partial charge in [-0.15, -0.1) is 11.3 Å². The smallest absolute Gasteiger partial charge is 0.341 e. The number of benzene rings is 1. The number of aromatic nitrogens is 3. The maximum absolute atomic E-state index is 13.8. The quantitative estimate of drug-likeness (QED) is 0.242. The highest BCUT2D eigenvalue weighted by Crippen LogP contribution is 2.37. The Hall–Kier alpha value is -3.81. The molecule has 42 heavy (non-hydrogen) atoms. The lowest BCUT2D eigenvalue weighted by Crippen LogP contribution is -2.38. The van der Waals surface area contributed by atoms with Crippen molar-refractivity contribution in [1.82, 2.24) is 25.6 Å². The van der Waals surface area contributed by atoms with Crippen LogP contribution in [0, 0.1) is 5.92 Å². The molecule has 0 bridgehead atoms. The van der Waals surface area contributed by atoms with Gasteiger partial charge in [0, 0.05) is 46.9 Å². The first kappa shape index (κ1) is 28.3. The molecule has 4 aromatic rings. The number of rotatable bonds is 7. The number of imide groups is 1. The summed E-state index contributed by atoms with van der Waals surface area (Å²) in [6.07, 6.45) is 0.436. The van der Waals surface area contributed by atoms with Gasteiger partial charge in [0.1, 0.15) is 0 Å². The number of hydrogen-bond donors (Lipinski definition) is 2. The van der Waals surface area contributed by atoms with Gasteiger partial charge >= 0.3 is 6.18 Å². The first-order valence-corrected chi connectivity index (χ1v) is 15.0. The summed E-state index contributed by atoms with van der Waals surface area (Å²) in [6.45, 7) is 2.32. The van der Waals surface area contributed by atoms with E-state index in [1.54, 1.807) is 18.3 Å². The Labute approximate surface area is 247 Å². The van der Waals surface area contributed by atoms with Crippen molar-refractivity contribution in [2.75, 3.05) is 24.5 Å². The van der Waals surface area contributed by atoms with Gasteiger partial charge in [0.05, 0.1) is 27.6 Å². The van der Waals surface area contributed by atoms with Gasteiger partial charge in [-0.25, -0.2) is 9.97 Å². The average Bonchev–Trinajstić information content (AvgIpc) is 3.55. The van der Waals surface area contributed by atoms with Gasteiger partial charge in [0.15, 0.2) is 0 Å². The van der Waals surface area contributed by atoms with E-state index in [1.165, 1.54) is 11.3 Å². The fourth-order valence-electron chi connectivity index (χ4n) is 5.05. The number of thioether (sulfide) groups is 1. The van der Waals surface area contributed by atoms with E-state index < -0.39 is 22.9 Å². The number of amides is 2. The summed E-state index contributed by atoms with van der Waals surface area (Å²) >= 11 is 2.33. The summed E-state index contributed by atoms with van der Waals surface area (Å²) in [5, 5.41) is 7.89. The third kappa shape index (κ3) is 6.32. The summed E-state index contributed by atoms with van der Waals surface area (Å²) in [7, 11) is 0. The number of fused-ring (bicyclic) bond motifs is 1. The first-order valence-electron chi connectivity index (χ1n) is 13.3. The van der Waals surface area contributed by atoms with E-state index in [2.05, 4.69) is 30.5 Å². The molecule has 6 rings (SSSR count). The topological polar surface area (TPSA) is 100 Å². The molecule has 5 heterocycles. The molecule has 8 nitrogen and oxygen atoms in total. The molecular weight excluding hydrogens is 585 g/mol. The number of hydrogen-bond acceptors (Lipinski definition) is 9. The Morgan fingerprint density at radius 1 is 1.10 bits per heavy atom. The normalized spacial score (nSPS) is 17.4. The predicted octanol–water partition coefficient (Wildman–Crippen LogP) is 6.10. The number of nitrogens with zero attached hydrogens (tertiary/aromatic N) is 4. The van der Waals surface area contributed by atoms with E-state index in [1.807, 2.05) is 29.6 Å². The summed E-state index contributed by atoms with van der Waals surface area (Å²) < 4.78 is 42.3. The van der Waals surface area contributed by atoms with Crippen molar-refractivity contribution < 1.29 is 22.8 Å². The molecule has 0 spiro atoms. The minimum atomic E-state index is -4.47. The van der Waals surface area contributed by atoms with Gasteiger partial charge in [0.25, 0.3) is 11.1 Å². The van der Waals surface area contributed by atoms with Crippen LogP contribution in [0.3, 0.4) is 0 Å². The SMILES string of the molecule is O=C1NC(=O)/C(=C/c2ccnc(N3CCC(CNCc4cc(C(F)(F)F)cc(-c5csc6ccccc56)n4)CC3)n2)S1. The number of pyridine rings is 1. The molecule has 1 aromatic carbocycles. The van der Waals surface area contributed by atoms with E-state index in [0.717, 1.165) is 59.9 Å². The number of carbonyl (C=O) groups is 2. The molecule has 2 N–H and O–H groups in total. The summed E-state index contributed by atoms with van der Waals surface area (Å²) in [5.74, 6) is 0.448. The molecule has 2 fully saturated rings. The van der Waals surface area contributed by atoms with E-state index in [0.29, 0.717) is 46.0 Å². The van der Waals surface area contributed by atoms with Gasteiger partial charge in [0.2, 0.25) is 5.95 Å². The lowest BCUT2D eigenvalue weighted by Gasteiger charge is -2.32. The van der Waals surface area contributed by atoms with E-state index >= 15 is 0 Å². The molecule has 2 aliphatic rings. The number of carbonyl (C=O) groups excluding carboxylic acids is 2. The van der Waals surface area contributed by atoms with Gasteiger partial charge in [-0.3, -0.25) is 19.9 Å². The van der Waals surface area contributed by atoms with Crippen LogP contribution in [0.25, 0.3) is 27.4 Å². The Bertz CT molecular complexity index is 1680. The molecule has 0 unspecified atom stereocenters. The van der Waals surface area contributed by atoms with Crippen LogP contribution >= 0.6 is 23.1 Å². The monoisotopic (exact) mass is 610 g/mol. The van der Waals surface area contributed by atoms with Crippen molar-refractivity contribution in [3.8, 4) is 11.3 Å². The summed E-state index contributed by atoms with van der Waals surface area (Å²) in [5.41, 5.74) is 1.22. The lowest BCUT2D eigenvalue weighted by atomic mass is 9.97. The maximum atomic E-state index is 13.8. The molecule has 0 radical (unpaired) electrons. The van der Waals surface area contributed by atoms with Crippen LogP contribution in [-0.4, -0.2) is 45.7 Å². The highest BCUT2D eigenvalue weighted by atomic mass is 32.2. The summed E-state index contributed by atoms with van der Waals surface area (Å²) in [4.78, 5) is 39.1. The Kier molecular flexibility index (Phi) is 7.97. The highest BCUT2D eigenvalue weighted by Gasteiger charge is 2.32. The second-order valence-electron chi connectivity index (χ2n) is 10.1. The predicted molar refractivity (Wildman–Crippen MR) is 158 cm³/mol. The van der Waals surface area contributed by atoms with Crippen LogP contribution < -0.4 is 15.5 Å². The maximum Gasteiger partial charge on any atom is 0.416 e. The molecule has 13 heteroatoms. The first-order chi connectivity index (χ1) is 20.2.